The number of hydrogen-bond donors (Lipinski definition) is 1. The van der Waals surface area contributed by atoms with Crippen molar-refractivity contribution in [2.24, 2.45) is 0 Å². The van der Waals surface area contributed by atoms with E-state index < -0.39 is 11.9 Å². The molecule has 20 heavy (non-hydrogen) atoms. The van der Waals surface area contributed by atoms with E-state index in [-0.39, 0.29) is 11.9 Å². The van der Waals surface area contributed by atoms with Gasteiger partial charge < -0.3 is 19.5 Å². The summed E-state index contributed by atoms with van der Waals surface area (Å²) in [4.78, 5) is 14.0. The van der Waals surface area contributed by atoms with Crippen molar-refractivity contribution in [2.75, 3.05) is 13.2 Å². The van der Waals surface area contributed by atoms with E-state index >= 15 is 0 Å². The number of benzene rings is 1. The number of carbonyl (C=O) groups is 1. The number of rotatable bonds is 1. The molecule has 2 aliphatic heterocycles. The monoisotopic (exact) mass is 277 g/mol. The molecule has 1 aromatic rings. The van der Waals surface area contributed by atoms with Crippen molar-refractivity contribution in [2.45, 2.75) is 38.2 Å². The van der Waals surface area contributed by atoms with Crippen LogP contribution in [0.5, 0.6) is 5.75 Å². The molecule has 0 spiro atoms. The van der Waals surface area contributed by atoms with Crippen molar-refractivity contribution in [1.82, 2.24) is 4.90 Å². The first-order valence-electron chi connectivity index (χ1n) is 6.86. The maximum absolute atomic E-state index is 12.2. The van der Waals surface area contributed by atoms with Crippen molar-refractivity contribution >= 4 is 5.91 Å². The summed E-state index contributed by atoms with van der Waals surface area (Å²) < 4.78 is 11.0. The fourth-order valence-corrected chi connectivity index (χ4v) is 2.93. The molecule has 2 aliphatic rings. The maximum Gasteiger partial charge on any atom is 0.280 e. The molecule has 2 heterocycles. The molecule has 2 atom stereocenters. The van der Waals surface area contributed by atoms with E-state index in [9.17, 15) is 9.90 Å². The summed E-state index contributed by atoms with van der Waals surface area (Å²) in [5.74, 6) is 0.446. The zero-order valence-electron chi connectivity index (χ0n) is 11.7. The molecule has 2 unspecified atom stereocenters. The smallest absolute Gasteiger partial charge is 0.280 e. The first kappa shape index (κ1) is 13.4. The number of aliphatic hydroxyl groups excluding tert-OH is 1. The zero-order valence-corrected chi connectivity index (χ0v) is 11.7. The lowest BCUT2D eigenvalue weighted by Crippen LogP contribution is -2.57. The normalized spacial score (nSPS) is 28.8. The molecule has 0 bridgehead atoms. The lowest BCUT2D eigenvalue weighted by Gasteiger charge is -2.45. The first-order valence-corrected chi connectivity index (χ1v) is 6.86. The van der Waals surface area contributed by atoms with Gasteiger partial charge in [0.1, 0.15) is 5.75 Å². The molecular weight excluding hydrogens is 258 g/mol. The van der Waals surface area contributed by atoms with Gasteiger partial charge in [0.2, 0.25) is 6.29 Å². The van der Waals surface area contributed by atoms with E-state index in [1.807, 2.05) is 38.1 Å². The van der Waals surface area contributed by atoms with Crippen LogP contribution in [0.2, 0.25) is 0 Å². The molecule has 1 fully saturated rings. The summed E-state index contributed by atoms with van der Waals surface area (Å²) >= 11 is 0. The van der Waals surface area contributed by atoms with Crippen molar-refractivity contribution < 1.29 is 19.4 Å². The maximum atomic E-state index is 12.2. The molecule has 1 N–H and O–H groups in total. The molecule has 3 rings (SSSR count). The molecule has 5 nitrogen and oxygen atoms in total. The van der Waals surface area contributed by atoms with Gasteiger partial charge in [0.25, 0.3) is 5.91 Å². The van der Waals surface area contributed by atoms with E-state index in [4.69, 9.17) is 9.47 Å². The van der Waals surface area contributed by atoms with Crippen molar-refractivity contribution in [3.05, 3.63) is 29.8 Å². The lowest BCUT2D eigenvalue weighted by molar-refractivity contribution is -0.225. The highest BCUT2D eigenvalue weighted by Gasteiger charge is 2.43. The Hall–Kier alpha value is -1.59. The van der Waals surface area contributed by atoms with Gasteiger partial charge in [-0.3, -0.25) is 4.79 Å². The number of hydrogen-bond acceptors (Lipinski definition) is 4. The van der Waals surface area contributed by atoms with E-state index in [1.54, 1.807) is 4.90 Å². The number of fused-ring (bicyclic) bond motifs is 1. The second kappa shape index (κ2) is 4.75. The molecule has 1 saturated heterocycles. The Balaban J connectivity index is 1.94. The summed E-state index contributed by atoms with van der Waals surface area (Å²) in [6, 6.07) is 7.67. The van der Waals surface area contributed by atoms with Crippen LogP contribution in [0.4, 0.5) is 0 Å². The molecule has 1 aromatic carbocycles. The number of carbonyl (C=O) groups excluding carboxylic acids is 1. The number of aliphatic hydroxyl groups is 1. The van der Waals surface area contributed by atoms with E-state index in [0.29, 0.717) is 13.2 Å². The van der Waals surface area contributed by atoms with Gasteiger partial charge in [0, 0.05) is 12.0 Å². The van der Waals surface area contributed by atoms with Gasteiger partial charge in [-0.1, -0.05) is 18.2 Å². The van der Waals surface area contributed by atoms with Crippen LogP contribution >= 0.6 is 0 Å². The van der Waals surface area contributed by atoms with Gasteiger partial charge in [-0.05, 0) is 19.9 Å². The fraction of sp³-hybridized carbons (Fsp3) is 0.533. The molecule has 0 radical (unpaired) electrons. The average molecular weight is 277 g/mol. The topological polar surface area (TPSA) is 59.0 Å². The van der Waals surface area contributed by atoms with Crippen LogP contribution in [-0.2, 0) is 9.53 Å². The van der Waals surface area contributed by atoms with E-state index in [1.165, 1.54) is 0 Å². The van der Waals surface area contributed by atoms with Crippen LogP contribution in [0, 0.1) is 0 Å². The fourth-order valence-electron chi connectivity index (χ4n) is 2.93. The summed E-state index contributed by atoms with van der Waals surface area (Å²) in [5, 5.41) is 9.82. The largest absolute Gasteiger partial charge is 0.493 e. The summed E-state index contributed by atoms with van der Waals surface area (Å²) in [7, 11) is 0. The Labute approximate surface area is 118 Å². The van der Waals surface area contributed by atoms with Crippen molar-refractivity contribution in [3.8, 4) is 5.75 Å². The first-order chi connectivity index (χ1) is 9.48. The summed E-state index contributed by atoms with van der Waals surface area (Å²) in [5.41, 5.74) is 0.442. The molecular formula is C15H19NO4. The van der Waals surface area contributed by atoms with Gasteiger partial charge in [-0.25, -0.2) is 0 Å². The van der Waals surface area contributed by atoms with Crippen LogP contribution in [0.1, 0.15) is 31.9 Å². The van der Waals surface area contributed by atoms with Crippen LogP contribution in [0.15, 0.2) is 24.3 Å². The van der Waals surface area contributed by atoms with Crippen LogP contribution < -0.4 is 4.74 Å². The number of para-hydroxylation sites is 1. The van der Waals surface area contributed by atoms with E-state index in [2.05, 4.69) is 0 Å². The highest BCUT2D eigenvalue weighted by Crippen LogP contribution is 2.38. The van der Waals surface area contributed by atoms with Gasteiger partial charge >= 0.3 is 0 Å². The minimum absolute atomic E-state index is 0.0646. The summed E-state index contributed by atoms with van der Waals surface area (Å²) in [6.45, 7) is 4.78. The van der Waals surface area contributed by atoms with E-state index in [0.717, 1.165) is 17.7 Å². The minimum atomic E-state index is -1.38. The predicted molar refractivity (Wildman–Crippen MR) is 72.2 cm³/mol. The second-order valence-electron chi connectivity index (χ2n) is 5.89. The standard InChI is InChI=1S/C15H19NO4/c1-15(2)9-16(13(17)14(18)20-15)11-7-8-19-12-6-4-3-5-10(11)12/h3-6,11,14,18H,7-9H2,1-2H3. The Kier molecular flexibility index (Phi) is 3.18. The number of amides is 1. The quantitative estimate of drug-likeness (QED) is 0.844. The molecule has 0 aliphatic carbocycles. The third kappa shape index (κ3) is 2.27. The molecule has 0 saturated carbocycles. The van der Waals surface area contributed by atoms with Crippen molar-refractivity contribution in [3.63, 3.8) is 0 Å². The van der Waals surface area contributed by atoms with Crippen LogP contribution in [0.3, 0.4) is 0 Å². The number of morpholine rings is 1. The Morgan fingerprint density at radius 2 is 2.10 bits per heavy atom. The van der Waals surface area contributed by atoms with Crippen LogP contribution in [0.25, 0.3) is 0 Å². The third-order valence-electron chi connectivity index (χ3n) is 3.78. The molecule has 5 heteroatoms. The third-order valence-corrected chi connectivity index (χ3v) is 3.78. The average Bonchev–Trinajstić information content (AvgIpc) is 2.42. The highest BCUT2D eigenvalue weighted by atomic mass is 16.6. The molecule has 1 amide bonds. The Bertz CT molecular complexity index is 528. The van der Waals surface area contributed by atoms with Gasteiger partial charge in [0.15, 0.2) is 0 Å². The SMILES string of the molecule is CC1(C)CN(C2CCOc3ccccc32)C(=O)C(O)O1. The molecule has 108 valence electrons. The number of ether oxygens (including phenoxy) is 2. The Morgan fingerprint density at radius 1 is 1.35 bits per heavy atom. The van der Waals surface area contributed by atoms with Crippen LogP contribution in [-0.4, -0.2) is 41.0 Å². The van der Waals surface area contributed by atoms with Gasteiger partial charge in [-0.2, -0.15) is 0 Å². The Morgan fingerprint density at radius 3 is 2.90 bits per heavy atom. The number of nitrogens with zero attached hydrogens (tertiary/aromatic N) is 1. The zero-order chi connectivity index (χ0) is 14.3. The summed E-state index contributed by atoms with van der Waals surface area (Å²) in [6.07, 6.45) is -0.653. The van der Waals surface area contributed by atoms with Crippen molar-refractivity contribution in [1.29, 1.82) is 0 Å². The molecule has 0 aromatic heterocycles. The van der Waals surface area contributed by atoms with Gasteiger partial charge in [-0.15, -0.1) is 0 Å². The minimum Gasteiger partial charge on any atom is -0.493 e. The highest BCUT2D eigenvalue weighted by molar-refractivity contribution is 5.81. The second-order valence-corrected chi connectivity index (χ2v) is 5.89. The predicted octanol–water partition coefficient (Wildman–Crippen LogP) is 1.47. The van der Waals surface area contributed by atoms with Gasteiger partial charge in [0.05, 0.1) is 24.8 Å². The lowest BCUT2D eigenvalue weighted by atomic mass is 9.96.